The third kappa shape index (κ3) is 3.33. The lowest BCUT2D eigenvalue weighted by molar-refractivity contribution is 0.931. The Morgan fingerprint density at radius 3 is 2.84 bits per heavy atom. The summed E-state index contributed by atoms with van der Waals surface area (Å²) in [6, 6.07) is 10.3. The van der Waals surface area contributed by atoms with Crippen molar-refractivity contribution >= 4 is 11.8 Å². The third-order valence-corrected chi connectivity index (χ3v) is 4.73. The first-order valence-corrected chi connectivity index (χ1v) is 8.59. The zero-order chi connectivity index (χ0) is 17.4. The average Bonchev–Trinajstić information content (AvgIpc) is 3.33. The Balaban J connectivity index is 1.55. The molecule has 0 unspecified atom stereocenters. The predicted octanol–water partition coefficient (Wildman–Crippen LogP) is 3.56. The van der Waals surface area contributed by atoms with Gasteiger partial charge in [-0.25, -0.2) is 4.98 Å². The lowest BCUT2D eigenvalue weighted by atomic mass is 10.0. The molecule has 0 radical (unpaired) electrons. The summed E-state index contributed by atoms with van der Waals surface area (Å²) in [5, 5.41) is 10.8. The normalized spacial score (nSPS) is 13.8. The van der Waals surface area contributed by atoms with Crippen LogP contribution in [0.25, 0.3) is 11.3 Å². The summed E-state index contributed by atoms with van der Waals surface area (Å²) >= 11 is 0. The number of rotatable bonds is 5. The van der Waals surface area contributed by atoms with Gasteiger partial charge in [0.05, 0.1) is 23.6 Å². The van der Waals surface area contributed by atoms with Gasteiger partial charge in [0, 0.05) is 17.5 Å². The van der Waals surface area contributed by atoms with Crippen molar-refractivity contribution in [1.29, 1.82) is 0 Å². The number of nitrogens with one attached hydrogen (secondary N) is 2. The molecule has 2 heterocycles. The summed E-state index contributed by atoms with van der Waals surface area (Å²) < 4.78 is 0. The molecule has 4 rings (SSSR count). The molecule has 1 fully saturated rings. The van der Waals surface area contributed by atoms with E-state index in [0.29, 0.717) is 18.3 Å². The van der Waals surface area contributed by atoms with Gasteiger partial charge in [-0.3, -0.25) is 5.10 Å². The summed E-state index contributed by atoms with van der Waals surface area (Å²) in [6.07, 6.45) is 2.50. The fraction of sp³-hybridized carbons (Fsp3) is 0.316. The van der Waals surface area contributed by atoms with Gasteiger partial charge in [0.1, 0.15) is 5.82 Å². The van der Waals surface area contributed by atoms with Crippen LogP contribution in [-0.2, 0) is 6.54 Å². The molecule has 0 saturated heterocycles. The van der Waals surface area contributed by atoms with Crippen molar-refractivity contribution in [3.63, 3.8) is 0 Å². The molecular formula is C19H22N6. The number of hydrogen-bond acceptors (Lipinski definition) is 5. The van der Waals surface area contributed by atoms with E-state index < -0.39 is 0 Å². The van der Waals surface area contributed by atoms with Crippen LogP contribution in [0.1, 0.15) is 41.3 Å². The van der Waals surface area contributed by atoms with Crippen molar-refractivity contribution in [3.05, 3.63) is 52.8 Å². The summed E-state index contributed by atoms with van der Waals surface area (Å²) in [5.41, 5.74) is 12.5. The van der Waals surface area contributed by atoms with Gasteiger partial charge in [0.2, 0.25) is 5.95 Å². The number of nitrogens with zero attached hydrogens (tertiary/aromatic N) is 3. The fourth-order valence-electron chi connectivity index (χ4n) is 2.97. The maximum Gasteiger partial charge on any atom is 0.222 e. The van der Waals surface area contributed by atoms with Crippen LogP contribution in [0.5, 0.6) is 0 Å². The standard InChI is InChI=1S/C19H22N6/c1-11-4-3-5-15(12(11)2)17-9-18(23-19(20)22-17)21-10-14-8-16(25-24-14)13-6-7-13/h3-5,8-9,13H,6-7,10H2,1-2H3,(H,24,25)(H3,20,21,22,23). The third-order valence-electron chi connectivity index (χ3n) is 4.73. The maximum absolute atomic E-state index is 5.92. The van der Waals surface area contributed by atoms with E-state index >= 15 is 0 Å². The van der Waals surface area contributed by atoms with E-state index in [1.165, 1.54) is 24.0 Å². The minimum absolute atomic E-state index is 0.268. The van der Waals surface area contributed by atoms with Gasteiger partial charge in [-0.05, 0) is 43.9 Å². The molecule has 0 amide bonds. The number of nitrogens with two attached hydrogens (primary N) is 1. The number of aryl methyl sites for hydroxylation is 1. The monoisotopic (exact) mass is 334 g/mol. The second-order valence-corrected chi connectivity index (χ2v) is 6.69. The van der Waals surface area contributed by atoms with Gasteiger partial charge in [-0.1, -0.05) is 18.2 Å². The Labute approximate surface area is 146 Å². The van der Waals surface area contributed by atoms with Crippen molar-refractivity contribution in [3.8, 4) is 11.3 Å². The highest BCUT2D eigenvalue weighted by Gasteiger charge is 2.25. The number of hydrogen-bond donors (Lipinski definition) is 3. The average molecular weight is 334 g/mol. The van der Waals surface area contributed by atoms with Crippen LogP contribution in [0.4, 0.5) is 11.8 Å². The van der Waals surface area contributed by atoms with Gasteiger partial charge in [-0.15, -0.1) is 0 Å². The van der Waals surface area contributed by atoms with Gasteiger partial charge < -0.3 is 11.1 Å². The molecule has 0 aliphatic heterocycles. The molecule has 6 heteroatoms. The minimum atomic E-state index is 0.268. The fourth-order valence-corrected chi connectivity index (χ4v) is 2.97. The van der Waals surface area contributed by atoms with Crippen molar-refractivity contribution in [2.45, 2.75) is 39.2 Å². The largest absolute Gasteiger partial charge is 0.368 e. The van der Waals surface area contributed by atoms with Crippen LogP contribution < -0.4 is 11.1 Å². The Kier molecular flexibility index (Phi) is 3.87. The number of nitrogen functional groups attached to an aromatic ring is 1. The van der Waals surface area contributed by atoms with E-state index in [9.17, 15) is 0 Å². The molecule has 1 aliphatic rings. The van der Waals surface area contributed by atoms with E-state index in [0.717, 1.165) is 22.6 Å². The van der Waals surface area contributed by atoms with Gasteiger partial charge in [0.15, 0.2) is 0 Å². The van der Waals surface area contributed by atoms with Gasteiger partial charge in [0.25, 0.3) is 0 Å². The SMILES string of the molecule is Cc1cccc(-c2cc(NCc3cc(C4CC4)n[nH]3)nc(N)n2)c1C. The topological polar surface area (TPSA) is 92.5 Å². The molecule has 0 atom stereocenters. The second-order valence-electron chi connectivity index (χ2n) is 6.69. The molecule has 25 heavy (non-hydrogen) atoms. The van der Waals surface area contributed by atoms with Crippen molar-refractivity contribution in [1.82, 2.24) is 20.2 Å². The zero-order valence-corrected chi connectivity index (χ0v) is 14.5. The molecule has 128 valence electrons. The Hall–Kier alpha value is -2.89. The second kappa shape index (κ2) is 6.20. The summed E-state index contributed by atoms with van der Waals surface area (Å²) in [5.74, 6) is 1.63. The summed E-state index contributed by atoms with van der Waals surface area (Å²) in [7, 11) is 0. The maximum atomic E-state index is 5.92. The van der Waals surface area contributed by atoms with Crippen LogP contribution in [0.15, 0.2) is 30.3 Å². The number of benzene rings is 1. The number of aromatic amines is 1. The van der Waals surface area contributed by atoms with Crippen molar-refractivity contribution in [2.75, 3.05) is 11.1 Å². The molecule has 6 nitrogen and oxygen atoms in total. The molecule has 0 bridgehead atoms. The highest BCUT2D eigenvalue weighted by Crippen LogP contribution is 2.39. The quantitative estimate of drug-likeness (QED) is 0.663. The molecular weight excluding hydrogens is 312 g/mol. The van der Waals surface area contributed by atoms with Crippen LogP contribution in [-0.4, -0.2) is 20.2 Å². The summed E-state index contributed by atoms with van der Waals surface area (Å²) in [4.78, 5) is 8.71. The van der Waals surface area contributed by atoms with Crippen LogP contribution in [0.3, 0.4) is 0 Å². The number of aromatic nitrogens is 4. The van der Waals surface area contributed by atoms with Crippen LogP contribution in [0.2, 0.25) is 0 Å². The molecule has 4 N–H and O–H groups in total. The lowest BCUT2D eigenvalue weighted by Gasteiger charge is -2.11. The number of H-pyrrole nitrogens is 1. The Morgan fingerprint density at radius 1 is 1.20 bits per heavy atom. The predicted molar refractivity (Wildman–Crippen MR) is 99.2 cm³/mol. The zero-order valence-electron chi connectivity index (χ0n) is 14.5. The molecule has 1 aliphatic carbocycles. The first-order chi connectivity index (χ1) is 12.1. The molecule has 3 aromatic rings. The smallest absolute Gasteiger partial charge is 0.222 e. The Morgan fingerprint density at radius 2 is 2.04 bits per heavy atom. The van der Waals surface area contributed by atoms with E-state index in [2.05, 4.69) is 57.5 Å². The van der Waals surface area contributed by atoms with E-state index in [1.807, 2.05) is 12.1 Å². The van der Waals surface area contributed by atoms with Crippen LogP contribution in [0, 0.1) is 13.8 Å². The molecule has 1 saturated carbocycles. The molecule has 0 spiro atoms. The summed E-state index contributed by atoms with van der Waals surface area (Å²) in [6.45, 7) is 4.82. The Bertz CT molecular complexity index is 910. The van der Waals surface area contributed by atoms with Gasteiger partial charge >= 0.3 is 0 Å². The van der Waals surface area contributed by atoms with E-state index in [4.69, 9.17) is 5.73 Å². The number of anilines is 2. The minimum Gasteiger partial charge on any atom is -0.368 e. The highest BCUT2D eigenvalue weighted by atomic mass is 15.1. The molecule has 2 aromatic heterocycles. The highest BCUT2D eigenvalue weighted by molar-refractivity contribution is 5.68. The lowest BCUT2D eigenvalue weighted by Crippen LogP contribution is -2.06. The van der Waals surface area contributed by atoms with E-state index in [1.54, 1.807) is 0 Å². The molecule has 1 aromatic carbocycles. The van der Waals surface area contributed by atoms with Crippen molar-refractivity contribution in [2.24, 2.45) is 0 Å². The van der Waals surface area contributed by atoms with Crippen LogP contribution >= 0.6 is 0 Å². The first kappa shape index (κ1) is 15.6. The van der Waals surface area contributed by atoms with Gasteiger partial charge in [-0.2, -0.15) is 10.1 Å². The van der Waals surface area contributed by atoms with E-state index in [-0.39, 0.29) is 5.95 Å². The first-order valence-electron chi connectivity index (χ1n) is 8.59. The van der Waals surface area contributed by atoms with Crippen molar-refractivity contribution < 1.29 is 0 Å².